The van der Waals surface area contributed by atoms with Gasteiger partial charge in [0.15, 0.2) is 0 Å². The first-order valence-electron chi connectivity index (χ1n) is 5.75. The Morgan fingerprint density at radius 1 is 1.50 bits per heavy atom. The van der Waals surface area contributed by atoms with Crippen molar-refractivity contribution in [1.29, 1.82) is 0 Å². The van der Waals surface area contributed by atoms with E-state index in [1.54, 1.807) is 6.07 Å². The van der Waals surface area contributed by atoms with Gasteiger partial charge in [-0.1, -0.05) is 17.9 Å². The Morgan fingerprint density at radius 3 is 2.94 bits per heavy atom. The third-order valence-corrected chi connectivity index (χ3v) is 2.26. The smallest absolute Gasteiger partial charge is 0.250 e. The van der Waals surface area contributed by atoms with E-state index in [4.69, 9.17) is 9.84 Å². The lowest BCUT2D eigenvalue weighted by Gasteiger charge is -2.08. The Morgan fingerprint density at radius 2 is 2.28 bits per heavy atom. The molecule has 18 heavy (non-hydrogen) atoms. The number of ether oxygens (including phenoxy) is 1. The van der Waals surface area contributed by atoms with Gasteiger partial charge < -0.3 is 15.2 Å². The van der Waals surface area contributed by atoms with Crippen LogP contribution in [0.1, 0.15) is 18.1 Å². The van der Waals surface area contributed by atoms with Crippen molar-refractivity contribution in [2.75, 3.05) is 25.1 Å². The van der Waals surface area contributed by atoms with Gasteiger partial charge in [0.25, 0.3) is 0 Å². The number of carbonyl (C=O) groups is 1. The molecule has 4 nitrogen and oxygen atoms in total. The van der Waals surface area contributed by atoms with Crippen molar-refractivity contribution in [3.8, 4) is 11.8 Å². The number of aliphatic hydroxyl groups excluding tert-OH is 1. The number of hydrogen-bond donors (Lipinski definition) is 2. The van der Waals surface area contributed by atoms with E-state index in [2.05, 4.69) is 17.2 Å². The van der Waals surface area contributed by atoms with Crippen molar-refractivity contribution in [3.63, 3.8) is 0 Å². The van der Waals surface area contributed by atoms with Crippen LogP contribution in [0.3, 0.4) is 0 Å². The fourth-order valence-corrected chi connectivity index (χ4v) is 1.36. The molecule has 96 valence electrons. The van der Waals surface area contributed by atoms with E-state index < -0.39 is 0 Å². The van der Waals surface area contributed by atoms with Crippen molar-refractivity contribution in [2.45, 2.75) is 13.8 Å². The van der Waals surface area contributed by atoms with Gasteiger partial charge in [0.2, 0.25) is 5.91 Å². The topological polar surface area (TPSA) is 58.6 Å². The average Bonchev–Trinajstić information content (AvgIpc) is 2.37. The minimum atomic E-state index is -0.188. The molecule has 0 saturated carbocycles. The zero-order valence-corrected chi connectivity index (χ0v) is 10.6. The fourth-order valence-electron chi connectivity index (χ4n) is 1.36. The lowest BCUT2D eigenvalue weighted by molar-refractivity contribution is -0.120. The fraction of sp³-hybridized carbons (Fsp3) is 0.357. The van der Waals surface area contributed by atoms with Gasteiger partial charge in [0.1, 0.15) is 13.2 Å². The van der Waals surface area contributed by atoms with E-state index in [1.807, 2.05) is 26.0 Å². The van der Waals surface area contributed by atoms with Crippen molar-refractivity contribution in [3.05, 3.63) is 29.3 Å². The number of benzene rings is 1. The molecule has 0 saturated heterocycles. The highest BCUT2D eigenvalue weighted by molar-refractivity contribution is 5.92. The molecule has 0 aliphatic rings. The molecule has 0 aliphatic carbocycles. The van der Waals surface area contributed by atoms with Gasteiger partial charge in [0, 0.05) is 17.9 Å². The summed E-state index contributed by atoms with van der Waals surface area (Å²) in [7, 11) is 0. The lowest BCUT2D eigenvalue weighted by Crippen LogP contribution is -2.18. The predicted octanol–water partition coefficient (Wildman–Crippen LogP) is 1.31. The third-order valence-electron chi connectivity index (χ3n) is 2.26. The Balaban J connectivity index is 2.77. The first-order chi connectivity index (χ1) is 8.67. The summed E-state index contributed by atoms with van der Waals surface area (Å²) >= 11 is 0. The van der Waals surface area contributed by atoms with Crippen LogP contribution in [0.15, 0.2) is 18.2 Å². The first kappa shape index (κ1) is 14.2. The molecule has 1 amide bonds. The number of amides is 1. The summed E-state index contributed by atoms with van der Waals surface area (Å²) in [5.41, 5.74) is 2.42. The summed E-state index contributed by atoms with van der Waals surface area (Å²) < 4.78 is 5.03. The van der Waals surface area contributed by atoms with E-state index in [9.17, 15) is 4.79 Å². The van der Waals surface area contributed by atoms with Gasteiger partial charge in [0.05, 0.1) is 0 Å². The maximum atomic E-state index is 11.5. The predicted molar refractivity (Wildman–Crippen MR) is 70.3 cm³/mol. The zero-order valence-electron chi connectivity index (χ0n) is 10.6. The van der Waals surface area contributed by atoms with Crippen LogP contribution in [0, 0.1) is 18.8 Å². The average molecular weight is 247 g/mol. The SMILES string of the molecule is CCOCC(=O)Nc1cc(C#CCO)ccc1C. The number of anilines is 1. The first-order valence-corrected chi connectivity index (χ1v) is 5.75. The summed E-state index contributed by atoms with van der Waals surface area (Å²) in [5.74, 6) is 5.18. The number of carbonyl (C=O) groups excluding carboxylic acids is 1. The number of hydrogen-bond acceptors (Lipinski definition) is 3. The minimum Gasteiger partial charge on any atom is -0.384 e. The van der Waals surface area contributed by atoms with Crippen LogP contribution in [-0.2, 0) is 9.53 Å². The highest BCUT2D eigenvalue weighted by Crippen LogP contribution is 2.16. The van der Waals surface area contributed by atoms with Crippen LogP contribution in [0.5, 0.6) is 0 Å². The van der Waals surface area contributed by atoms with E-state index in [-0.39, 0.29) is 19.1 Å². The lowest BCUT2D eigenvalue weighted by atomic mass is 10.1. The minimum absolute atomic E-state index is 0.0441. The molecule has 1 aromatic carbocycles. The zero-order chi connectivity index (χ0) is 13.4. The highest BCUT2D eigenvalue weighted by atomic mass is 16.5. The van der Waals surface area contributed by atoms with Crippen molar-refractivity contribution < 1.29 is 14.6 Å². The summed E-state index contributed by atoms with van der Waals surface area (Å²) in [4.78, 5) is 11.5. The molecule has 1 aromatic rings. The maximum Gasteiger partial charge on any atom is 0.250 e. The van der Waals surface area contributed by atoms with Gasteiger partial charge in [-0.2, -0.15) is 0 Å². The summed E-state index contributed by atoms with van der Waals surface area (Å²) in [6.07, 6.45) is 0. The van der Waals surface area contributed by atoms with Crippen LogP contribution >= 0.6 is 0 Å². The molecule has 0 unspecified atom stereocenters. The van der Waals surface area contributed by atoms with E-state index >= 15 is 0 Å². The van der Waals surface area contributed by atoms with Crippen LogP contribution in [0.25, 0.3) is 0 Å². The molecule has 0 aromatic heterocycles. The quantitative estimate of drug-likeness (QED) is 0.789. The van der Waals surface area contributed by atoms with Crippen molar-refractivity contribution >= 4 is 11.6 Å². The molecule has 0 spiro atoms. The standard InChI is InChI=1S/C14H17NO3/c1-3-18-10-14(17)15-13-9-12(5-4-8-16)7-6-11(13)2/h6-7,9,16H,3,8,10H2,1-2H3,(H,15,17). The van der Waals surface area contributed by atoms with E-state index in [1.165, 1.54) is 0 Å². The third kappa shape index (κ3) is 4.58. The number of aryl methyl sites for hydroxylation is 1. The summed E-state index contributed by atoms with van der Waals surface area (Å²) in [5, 5.41) is 11.4. The maximum absolute atomic E-state index is 11.5. The largest absolute Gasteiger partial charge is 0.384 e. The second-order valence-corrected chi connectivity index (χ2v) is 3.67. The van der Waals surface area contributed by atoms with E-state index in [0.29, 0.717) is 12.3 Å². The number of rotatable bonds is 4. The van der Waals surface area contributed by atoms with Gasteiger partial charge in [-0.05, 0) is 31.5 Å². The van der Waals surface area contributed by atoms with Crippen LogP contribution in [0.4, 0.5) is 5.69 Å². The molecule has 0 atom stereocenters. The number of nitrogens with one attached hydrogen (secondary N) is 1. The molecule has 4 heteroatoms. The molecule has 0 fully saturated rings. The second-order valence-electron chi connectivity index (χ2n) is 3.67. The monoisotopic (exact) mass is 247 g/mol. The second kappa shape index (κ2) is 7.49. The molecule has 0 radical (unpaired) electrons. The Labute approximate surface area is 107 Å². The molecule has 0 heterocycles. The molecular weight excluding hydrogens is 230 g/mol. The van der Waals surface area contributed by atoms with Crippen LogP contribution < -0.4 is 5.32 Å². The summed E-state index contributed by atoms with van der Waals surface area (Å²) in [6, 6.07) is 5.50. The van der Waals surface area contributed by atoms with Gasteiger partial charge in [-0.15, -0.1) is 0 Å². The van der Waals surface area contributed by atoms with Crippen molar-refractivity contribution in [1.82, 2.24) is 0 Å². The normalized spacial score (nSPS) is 9.50. The van der Waals surface area contributed by atoms with E-state index in [0.717, 1.165) is 11.1 Å². The Bertz CT molecular complexity index is 472. The number of aliphatic hydroxyl groups is 1. The molecular formula is C14H17NO3. The molecule has 2 N–H and O–H groups in total. The molecule has 1 rings (SSSR count). The van der Waals surface area contributed by atoms with Crippen molar-refractivity contribution in [2.24, 2.45) is 0 Å². The Hall–Kier alpha value is -1.83. The molecule has 0 aliphatic heterocycles. The molecule has 0 bridgehead atoms. The van der Waals surface area contributed by atoms with Gasteiger partial charge >= 0.3 is 0 Å². The van der Waals surface area contributed by atoms with Crippen LogP contribution in [0.2, 0.25) is 0 Å². The Kier molecular flexibility index (Phi) is 5.92. The van der Waals surface area contributed by atoms with Gasteiger partial charge in [-0.3, -0.25) is 4.79 Å². The van der Waals surface area contributed by atoms with Gasteiger partial charge in [-0.25, -0.2) is 0 Å². The summed E-state index contributed by atoms with van der Waals surface area (Å²) in [6.45, 7) is 4.11. The van der Waals surface area contributed by atoms with Crippen LogP contribution in [-0.4, -0.2) is 30.8 Å². The highest BCUT2D eigenvalue weighted by Gasteiger charge is 2.05.